The van der Waals surface area contributed by atoms with Gasteiger partial charge in [-0.1, -0.05) is 35.7 Å². The van der Waals surface area contributed by atoms with Crippen LogP contribution in [0.15, 0.2) is 48.8 Å². The summed E-state index contributed by atoms with van der Waals surface area (Å²) in [5.41, 5.74) is 3.16. The van der Waals surface area contributed by atoms with Gasteiger partial charge in [0.15, 0.2) is 11.5 Å². The lowest BCUT2D eigenvalue weighted by Gasteiger charge is -2.47. The number of hydrogen-bond acceptors (Lipinski definition) is 6. The van der Waals surface area contributed by atoms with Crippen LogP contribution in [0.1, 0.15) is 36.9 Å². The van der Waals surface area contributed by atoms with E-state index in [1.807, 2.05) is 30.3 Å². The highest BCUT2D eigenvalue weighted by Crippen LogP contribution is 2.46. The van der Waals surface area contributed by atoms with Gasteiger partial charge in [0.05, 0.1) is 17.7 Å². The molecule has 36 heavy (non-hydrogen) atoms. The van der Waals surface area contributed by atoms with Gasteiger partial charge in [-0.2, -0.15) is 0 Å². The monoisotopic (exact) mass is 498 g/mol. The van der Waals surface area contributed by atoms with Crippen molar-refractivity contribution in [2.75, 3.05) is 5.32 Å². The molecule has 3 heterocycles. The third kappa shape index (κ3) is 4.27. The van der Waals surface area contributed by atoms with Gasteiger partial charge in [0, 0.05) is 23.9 Å². The summed E-state index contributed by atoms with van der Waals surface area (Å²) in [6.45, 7) is 0. The van der Waals surface area contributed by atoms with Gasteiger partial charge in [0.1, 0.15) is 22.2 Å². The van der Waals surface area contributed by atoms with Crippen LogP contribution in [0.4, 0.5) is 5.82 Å². The van der Waals surface area contributed by atoms with Crippen LogP contribution in [0.5, 0.6) is 0 Å². The zero-order valence-electron chi connectivity index (χ0n) is 19.3. The Morgan fingerprint density at radius 1 is 1.06 bits per heavy atom. The van der Waals surface area contributed by atoms with Crippen LogP contribution < -0.4 is 5.32 Å². The highest BCUT2D eigenvalue weighted by molar-refractivity contribution is 6.29. The van der Waals surface area contributed by atoms with Gasteiger partial charge in [0.25, 0.3) is 0 Å². The van der Waals surface area contributed by atoms with Crippen LogP contribution in [0.2, 0.25) is 5.15 Å². The second-order valence-electron chi connectivity index (χ2n) is 9.38. The maximum Gasteiger partial charge on any atom is 0.308 e. The van der Waals surface area contributed by atoms with Crippen molar-refractivity contribution in [3.05, 3.63) is 65.2 Å². The lowest BCUT2D eigenvalue weighted by atomic mass is 9.61. The van der Waals surface area contributed by atoms with Gasteiger partial charge >= 0.3 is 5.97 Å². The molecule has 0 amide bonds. The van der Waals surface area contributed by atoms with Crippen molar-refractivity contribution in [2.24, 2.45) is 17.8 Å². The number of carboxylic acid groups (broad SMARTS) is 1. The average molecular weight is 499 g/mol. The number of nitrogens with one attached hydrogen (secondary N) is 2. The Bertz CT molecular complexity index is 1500. The van der Waals surface area contributed by atoms with E-state index in [-0.39, 0.29) is 17.1 Å². The van der Waals surface area contributed by atoms with Crippen molar-refractivity contribution in [2.45, 2.75) is 31.7 Å². The Hall–Kier alpha value is -3.96. The molecule has 3 aromatic heterocycles. The Kier molecular flexibility index (Phi) is 5.78. The molecule has 0 saturated heterocycles. The summed E-state index contributed by atoms with van der Waals surface area (Å²) in [5.74, 6) is 6.54. The van der Waals surface area contributed by atoms with E-state index in [4.69, 9.17) is 21.6 Å². The second kappa shape index (κ2) is 9.25. The minimum Gasteiger partial charge on any atom is -0.481 e. The van der Waals surface area contributed by atoms with Gasteiger partial charge in [0.2, 0.25) is 0 Å². The smallest absolute Gasteiger partial charge is 0.308 e. The lowest BCUT2D eigenvalue weighted by Crippen LogP contribution is -2.51. The molecule has 9 heteroatoms. The fraction of sp³-hybridized carbons (Fsp3) is 0.296. The van der Waals surface area contributed by atoms with E-state index >= 15 is 0 Å². The van der Waals surface area contributed by atoms with Crippen molar-refractivity contribution in [1.29, 1.82) is 0 Å². The first-order valence-electron chi connectivity index (χ1n) is 12.0. The maximum absolute atomic E-state index is 12.2. The second-order valence-corrected chi connectivity index (χ2v) is 9.77. The van der Waals surface area contributed by atoms with Crippen LogP contribution >= 0.6 is 11.6 Å². The molecule has 3 fully saturated rings. The third-order valence-corrected chi connectivity index (χ3v) is 7.43. The molecule has 0 spiro atoms. The van der Waals surface area contributed by atoms with Crippen LogP contribution in [0, 0.1) is 29.6 Å². The number of benzene rings is 1. The number of halogens is 1. The van der Waals surface area contributed by atoms with E-state index in [1.54, 1.807) is 12.3 Å². The third-order valence-electron chi connectivity index (χ3n) is 7.25. The predicted molar refractivity (Wildman–Crippen MR) is 136 cm³/mol. The van der Waals surface area contributed by atoms with E-state index in [2.05, 4.69) is 32.1 Å². The maximum atomic E-state index is 12.2. The molecular formula is C27H23ClN6O2. The molecule has 0 aliphatic heterocycles. The molecule has 2 bridgehead atoms. The Morgan fingerprint density at radius 3 is 2.61 bits per heavy atom. The SMILES string of the molecule is O=C(O)[C@H]1C2CCC(CC2)[C@@H]1Nc1cc(C#Cc2ccccc2)nc(-c2c[nH]c3ncc(Cl)nc23)n1. The van der Waals surface area contributed by atoms with E-state index in [0.29, 0.717) is 40.0 Å². The Morgan fingerprint density at radius 2 is 1.83 bits per heavy atom. The number of H-pyrrole nitrogens is 1. The summed E-state index contributed by atoms with van der Waals surface area (Å²) in [5, 5.41) is 13.7. The number of anilines is 1. The molecule has 0 radical (unpaired) electrons. The minimum absolute atomic E-state index is 0.190. The lowest BCUT2D eigenvalue weighted by molar-refractivity contribution is -0.148. The zero-order valence-corrected chi connectivity index (χ0v) is 20.0. The number of carboxylic acids is 1. The average Bonchev–Trinajstić information content (AvgIpc) is 3.31. The van der Waals surface area contributed by atoms with Crippen LogP contribution in [-0.4, -0.2) is 42.0 Å². The van der Waals surface area contributed by atoms with Gasteiger partial charge in [-0.05, 0) is 55.6 Å². The van der Waals surface area contributed by atoms with Crippen LogP contribution in [-0.2, 0) is 4.79 Å². The topological polar surface area (TPSA) is 117 Å². The van der Waals surface area contributed by atoms with E-state index in [9.17, 15) is 9.90 Å². The number of carbonyl (C=O) groups is 1. The van der Waals surface area contributed by atoms with E-state index < -0.39 is 11.9 Å². The fourth-order valence-electron chi connectivity index (χ4n) is 5.59. The van der Waals surface area contributed by atoms with Gasteiger partial charge in [-0.25, -0.2) is 19.9 Å². The first kappa shape index (κ1) is 22.5. The standard InChI is InChI=1S/C27H23ClN6O2/c28-20-14-30-26-24(32-20)19(13-29-26)25-31-18(11-6-15-4-2-1-3-5-15)12-21(34-25)33-23-17-9-7-16(8-10-17)22(23)27(35)36/h1-5,12-14,16-17,22-23H,7-10H2,(H,29,30)(H,35,36)(H,31,33,34)/t16?,17?,22-,23-/m0/s1. The molecule has 1 aromatic carbocycles. The Balaban J connectivity index is 1.43. The number of rotatable bonds is 4. The number of aromatic nitrogens is 5. The number of fused-ring (bicyclic) bond motifs is 4. The van der Waals surface area contributed by atoms with Gasteiger partial charge in [-0.15, -0.1) is 0 Å². The first-order valence-corrected chi connectivity index (χ1v) is 12.4. The summed E-state index contributed by atoms with van der Waals surface area (Å²) in [6.07, 6.45) is 7.22. The van der Waals surface area contributed by atoms with Crippen molar-refractivity contribution in [1.82, 2.24) is 24.9 Å². The zero-order chi connectivity index (χ0) is 24.6. The van der Waals surface area contributed by atoms with Crippen LogP contribution in [0.3, 0.4) is 0 Å². The minimum atomic E-state index is -0.748. The van der Waals surface area contributed by atoms with Crippen molar-refractivity contribution in [3.8, 4) is 23.2 Å². The normalized spacial score (nSPS) is 22.7. The van der Waals surface area contributed by atoms with Crippen molar-refractivity contribution < 1.29 is 9.90 Å². The number of nitrogens with zero attached hydrogens (tertiary/aromatic N) is 4. The molecule has 7 rings (SSSR count). The molecule has 180 valence electrons. The summed E-state index contributed by atoms with van der Waals surface area (Å²) < 4.78 is 0. The summed E-state index contributed by atoms with van der Waals surface area (Å²) in [4.78, 5) is 33.4. The molecule has 4 aromatic rings. The summed E-state index contributed by atoms with van der Waals surface area (Å²) >= 11 is 6.11. The molecule has 0 unspecified atom stereocenters. The molecular weight excluding hydrogens is 476 g/mol. The number of hydrogen-bond donors (Lipinski definition) is 3. The predicted octanol–water partition coefficient (Wildman–Crippen LogP) is 4.77. The number of aliphatic carboxylic acids is 1. The molecule has 3 aliphatic carbocycles. The molecule has 2 atom stereocenters. The highest BCUT2D eigenvalue weighted by Gasteiger charge is 2.47. The molecule has 3 N–H and O–H groups in total. The largest absolute Gasteiger partial charge is 0.481 e. The van der Waals surface area contributed by atoms with E-state index in [1.165, 1.54) is 6.20 Å². The first-order chi connectivity index (χ1) is 17.5. The highest BCUT2D eigenvalue weighted by atomic mass is 35.5. The molecule has 3 saturated carbocycles. The molecule has 8 nitrogen and oxygen atoms in total. The van der Waals surface area contributed by atoms with Gasteiger partial charge in [-0.3, -0.25) is 4.79 Å². The summed E-state index contributed by atoms with van der Waals surface area (Å²) in [7, 11) is 0. The van der Waals surface area contributed by atoms with Crippen molar-refractivity contribution in [3.63, 3.8) is 0 Å². The van der Waals surface area contributed by atoms with Gasteiger partial charge < -0.3 is 15.4 Å². The quantitative estimate of drug-likeness (QED) is 0.347. The number of aromatic amines is 1. The van der Waals surface area contributed by atoms with Crippen molar-refractivity contribution >= 4 is 34.6 Å². The van der Waals surface area contributed by atoms with Crippen LogP contribution in [0.25, 0.3) is 22.6 Å². The fourth-order valence-corrected chi connectivity index (χ4v) is 5.72. The summed E-state index contributed by atoms with van der Waals surface area (Å²) in [6, 6.07) is 11.3. The Labute approximate surface area is 212 Å². The van der Waals surface area contributed by atoms with E-state index in [0.717, 1.165) is 31.2 Å². The molecule has 3 aliphatic rings.